The van der Waals surface area contributed by atoms with E-state index in [9.17, 15) is 9.18 Å². The van der Waals surface area contributed by atoms with Crippen LogP contribution in [0.3, 0.4) is 0 Å². The van der Waals surface area contributed by atoms with Crippen molar-refractivity contribution in [2.45, 2.75) is 13.5 Å². The Morgan fingerprint density at radius 1 is 1.50 bits per heavy atom. The van der Waals surface area contributed by atoms with Gasteiger partial charge in [-0.1, -0.05) is 0 Å². The van der Waals surface area contributed by atoms with Gasteiger partial charge in [-0.3, -0.25) is 4.79 Å². The standard InChI is InChI=1S/C11H14FNO3/c1-2-13-11(15)7-16-10-4-8(6-14)3-9(12)5-10/h3-5,14H,2,6-7H2,1H3,(H,13,15). The fraction of sp³-hybridized carbons (Fsp3) is 0.364. The van der Waals surface area contributed by atoms with Crippen LogP contribution in [-0.2, 0) is 11.4 Å². The van der Waals surface area contributed by atoms with Gasteiger partial charge in [0.25, 0.3) is 5.91 Å². The first-order valence-electron chi connectivity index (χ1n) is 4.95. The number of ether oxygens (including phenoxy) is 1. The van der Waals surface area contributed by atoms with E-state index in [1.165, 1.54) is 18.2 Å². The number of nitrogens with one attached hydrogen (secondary N) is 1. The summed E-state index contributed by atoms with van der Waals surface area (Å²) in [6, 6.07) is 3.86. The van der Waals surface area contributed by atoms with Gasteiger partial charge in [0.15, 0.2) is 6.61 Å². The SMILES string of the molecule is CCNC(=O)COc1cc(F)cc(CO)c1. The highest BCUT2D eigenvalue weighted by Crippen LogP contribution is 2.16. The molecule has 4 nitrogen and oxygen atoms in total. The van der Waals surface area contributed by atoms with E-state index >= 15 is 0 Å². The van der Waals surface area contributed by atoms with Crippen molar-refractivity contribution in [3.05, 3.63) is 29.6 Å². The largest absolute Gasteiger partial charge is 0.484 e. The summed E-state index contributed by atoms with van der Waals surface area (Å²) in [5.74, 6) is -0.537. The minimum atomic E-state index is -0.502. The Morgan fingerprint density at radius 2 is 2.25 bits per heavy atom. The van der Waals surface area contributed by atoms with Crippen molar-refractivity contribution >= 4 is 5.91 Å². The van der Waals surface area contributed by atoms with Gasteiger partial charge in [-0.2, -0.15) is 0 Å². The summed E-state index contributed by atoms with van der Waals surface area (Å²) in [5.41, 5.74) is 0.408. The predicted molar refractivity (Wildman–Crippen MR) is 56.5 cm³/mol. The topological polar surface area (TPSA) is 58.6 Å². The van der Waals surface area contributed by atoms with Crippen LogP contribution in [0.4, 0.5) is 4.39 Å². The zero-order valence-electron chi connectivity index (χ0n) is 9.00. The fourth-order valence-corrected chi connectivity index (χ4v) is 1.19. The summed E-state index contributed by atoms with van der Waals surface area (Å²) in [5, 5.41) is 11.4. The van der Waals surface area contributed by atoms with Gasteiger partial charge in [0, 0.05) is 12.6 Å². The van der Waals surface area contributed by atoms with E-state index < -0.39 is 5.82 Å². The van der Waals surface area contributed by atoms with Crippen LogP contribution >= 0.6 is 0 Å². The Labute approximate surface area is 93.0 Å². The molecule has 0 aliphatic carbocycles. The van der Waals surface area contributed by atoms with Crippen LogP contribution < -0.4 is 10.1 Å². The molecule has 1 rings (SSSR count). The van der Waals surface area contributed by atoms with E-state index in [0.29, 0.717) is 12.1 Å². The normalized spacial score (nSPS) is 9.94. The van der Waals surface area contributed by atoms with Gasteiger partial charge < -0.3 is 15.2 Å². The van der Waals surface area contributed by atoms with E-state index in [4.69, 9.17) is 9.84 Å². The molecular formula is C11H14FNO3. The van der Waals surface area contributed by atoms with E-state index in [1.54, 1.807) is 6.92 Å². The van der Waals surface area contributed by atoms with Crippen LogP contribution in [0, 0.1) is 5.82 Å². The summed E-state index contributed by atoms with van der Waals surface area (Å²) >= 11 is 0. The highest BCUT2D eigenvalue weighted by Gasteiger charge is 2.04. The maximum absolute atomic E-state index is 13.0. The number of aliphatic hydroxyl groups excluding tert-OH is 1. The van der Waals surface area contributed by atoms with Crippen molar-refractivity contribution in [1.29, 1.82) is 0 Å². The van der Waals surface area contributed by atoms with E-state index in [2.05, 4.69) is 5.32 Å². The first-order valence-corrected chi connectivity index (χ1v) is 4.95. The zero-order chi connectivity index (χ0) is 12.0. The lowest BCUT2D eigenvalue weighted by Gasteiger charge is -2.07. The number of amides is 1. The number of hydrogen-bond acceptors (Lipinski definition) is 3. The molecule has 5 heteroatoms. The molecule has 0 saturated heterocycles. The van der Waals surface area contributed by atoms with Crippen LogP contribution in [-0.4, -0.2) is 24.2 Å². The average Bonchev–Trinajstić information content (AvgIpc) is 2.26. The Balaban J connectivity index is 2.59. The quantitative estimate of drug-likeness (QED) is 0.783. The highest BCUT2D eigenvalue weighted by atomic mass is 19.1. The van der Waals surface area contributed by atoms with Gasteiger partial charge >= 0.3 is 0 Å². The molecule has 1 aromatic rings. The molecule has 0 aromatic heterocycles. The summed E-state index contributed by atoms with van der Waals surface area (Å²) in [6.07, 6.45) is 0. The molecule has 1 aromatic carbocycles. The molecule has 0 spiro atoms. The van der Waals surface area contributed by atoms with Crippen molar-refractivity contribution in [3.8, 4) is 5.75 Å². The molecule has 0 heterocycles. The third-order valence-electron chi connectivity index (χ3n) is 1.86. The molecule has 0 fully saturated rings. The molecule has 0 aliphatic rings. The average molecular weight is 227 g/mol. The third kappa shape index (κ3) is 3.86. The molecule has 88 valence electrons. The third-order valence-corrected chi connectivity index (χ3v) is 1.86. The van der Waals surface area contributed by atoms with E-state index in [1.807, 2.05) is 0 Å². The number of carbonyl (C=O) groups is 1. The minimum absolute atomic E-state index is 0.165. The monoisotopic (exact) mass is 227 g/mol. The van der Waals surface area contributed by atoms with Crippen molar-refractivity contribution < 1.29 is 19.0 Å². The molecule has 0 radical (unpaired) electrons. The van der Waals surface area contributed by atoms with Crippen molar-refractivity contribution in [3.63, 3.8) is 0 Å². The summed E-state index contributed by atoms with van der Waals surface area (Å²) in [7, 11) is 0. The van der Waals surface area contributed by atoms with Crippen molar-refractivity contribution in [2.24, 2.45) is 0 Å². The molecule has 1 amide bonds. The number of benzene rings is 1. The second-order valence-corrected chi connectivity index (χ2v) is 3.20. The Hall–Kier alpha value is -1.62. The summed E-state index contributed by atoms with van der Waals surface area (Å²) in [6.45, 7) is 1.88. The van der Waals surface area contributed by atoms with Crippen molar-refractivity contribution in [1.82, 2.24) is 5.32 Å². The number of carbonyl (C=O) groups excluding carboxylic acids is 1. The first-order chi connectivity index (χ1) is 7.65. The molecule has 2 N–H and O–H groups in total. The summed E-state index contributed by atoms with van der Waals surface area (Å²) < 4.78 is 18.1. The zero-order valence-corrected chi connectivity index (χ0v) is 9.00. The van der Waals surface area contributed by atoms with Crippen LogP contribution in [0.5, 0.6) is 5.75 Å². The van der Waals surface area contributed by atoms with E-state index in [0.717, 1.165) is 0 Å². The van der Waals surface area contributed by atoms with Gasteiger partial charge in [-0.15, -0.1) is 0 Å². The van der Waals surface area contributed by atoms with Crippen molar-refractivity contribution in [2.75, 3.05) is 13.2 Å². The van der Waals surface area contributed by atoms with Crippen LogP contribution in [0.15, 0.2) is 18.2 Å². The van der Waals surface area contributed by atoms with Gasteiger partial charge in [-0.05, 0) is 24.6 Å². The van der Waals surface area contributed by atoms with Crippen LogP contribution in [0.25, 0.3) is 0 Å². The predicted octanol–water partition coefficient (Wildman–Crippen LogP) is 0.833. The van der Waals surface area contributed by atoms with Crippen LogP contribution in [0.2, 0.25) is 0 Å². The van der Waals surface area contributed by atoms with Crippen LogP contribution in [0.1, 0.15) is 12.5 Å². The number of aliphatic hydroxyl groups is 1. The lowest BCUT2D eigenvalue weighted by atomic mass is 10.2. The fourth-order valence-electron chi connectivity index (χ4n) is 1.19. The number of hydrogen-bond donors (Lipinski definition) is 2. The lowest BCUT2D eigenvalue weighted by molar-refractivity contribution is -0.122. The first kappa shape index (κ1) is 12.4. The molecule has 16 heavy (non-hydrogen) atoms. The molecular weight excluding hydrogens is 213 g/mol. The second-order valence-electron chi connectivity index (χ2n) is 3.20. The number of likely N-dealkylation sites (N-methyl/N-ethyl adjacent to an activating group) is 1. The van der Waals surface area contributed by atoms with Gasteiger partial charge in [0.05, 0.1) is 6.61 Å². The molecule has 0 saturated carbocycles. The second kappa shape index (κ2) is 6.07. The van der Waals surface area contributed by atoms with E-state index in [-0.39, 0.29) is 24.9 Å². The summed E-state index contributed by atoms with van der Waals surface area (Å²) in [4.78, 5) is 11.1. The Morgan fingerprint density at radius 3 is 2.88 bits per heavy atom. The van der Waals surface area contributed by atoms with Gasteiger partial charge in [0.2, 0.25) is 0 Å². The molecule has 0 aliphatic heterocycles. The number of halogens is 1. The molecule has 0 bridgehead atoms. The van der Waals surface area contributed by atoms with Gasteiger partial charge in [0.1, 0.15) is 11.6 Å². The number of rotatable bonds is 5. The maximum atomic E-state index is 13.0. The highest BCUT2D eigenvalue weighted by molar-refractivity contribution is 5.77. The molecule has 0 atom stereocenters. The Kier molecular flexibility index (Phi) is 4.72. The smallest absolute Gasteiger partial charge is 0.257 e. The maximum Gasteiger partial charge on any atom is 0.257 e. The molecule has 0 unspecified atom stereocenters. The Bertz CT molecular complexity index is 368. The van der Waals surface area contributed by atoms with Gasteiger partial charge in [-0.25, -0.2) is 4.39 Å². The lowest BCUT2D eigenvalue weighted by Crippen LogP contribution is -2.28. The minimum Gasteiger partial charge on any atom is -0.484 e.